The first-order valence-electron chi connectivity index (χ1n) is 5.68. The highest BCUT2D eigenvalue weighted by atomic mass is 16.3. The Kier molecular flexibility index (Phi) is 4.12. The standard InChI is InChI=1S/C12H21N3O/c1-4-12(5-2,8-16)15-11-9(3)6-10(13)7-14-11/h6-7,16H,4-5,8,13H2,1-3H3,(H,14,15). The predicted octanol–water partition coefficient (Wildman–Crippen LogP) is 1.94. The second-order valence-electron chi connectivity index (χ2n) is 4.20. The number of rotatable bonds is 5. The van der Waals surface area contributed by atoms with Gasteiger partial charge in [0.15, 0.2) is 0 Å². The molecule has 0 fully saturated rings. The maximum Gasteiger partial charge on any atom is 0.129 e. The summed E-state index contributed by atoms with van der Waals surface area (Å²) in [7, 11) is 0. The molecule has 0 spiro atoms. The maximum absolute atomic E-state index is 9.47. The molecule has 4 N–H and O–H groups in total. The van der Waals surface area contributed by atoms with Gasteiger partial charge in [-0.25, -0.2) is 4.98 Å². The average molecular weight is 223 g/mol. The normalized spacial score (nSPS) is 11.5. The van der Waals surface area contributed by atoms with Gasteiger partial charge in [0.2, 0.25) is 0 Å². The number of nitrogens with one attached hydrogen (secondary N) is 1. The molecule has 0 saturated carbocycles. The van der Waals surface area contributed by atoms with Crippen LogP contribution in [-0.2, 0) is 0 Å². The number of anilines is 2. The van der Waals surface area contributed by atoms with Crippen LogP contribution in [0.1, 0.15) is 32.3 Å². The zero-order valence-electron chi connectivity index (χ0n) is 10.2. The van der Waals surface area contributed by atoms with Crippen LogP contribution < -0.4 is 11.1 Å². The van der Waals surface area contributed by atoms with E-state index in [1.165, 1.54) is 0 Å². The number of pyridine rings is 1. The highest BCUT2D eigenvalue weighted by Crippen LogP contribution is 2.23. The Bertz CT molecular complexity index is 340. The van der Waals surface area contributed by atoms with Gasteiger partial charge in [-0.2, -0.15) is 0 Å². The smallest absolute Gasteiger partial charge is 0.129 e. The highest BCUT2D eigenvalue weighted by molar-refractivity contribution is 5.52. The van der Waals surface area contributed by atoms with Crippen LogP contribution in [0.25, 0.3) is 0 Å². The van der Waals surface area contributed by atoms with Gasteiger partial charge >= 0.3 is 0 Å². The van der Waals surface area contributed by atoms with Gasteiger partial charge in [-0.05, 0) is 31.4 Å². The summed E-state index contributed by atoms with van der Waals surface area (Å²) in [5.41, 5.74) is 7.02. The Balaban J connectivity index is 2.93. The largest absolute Gasteiger partial charge is 0.397 e. The Hall–Kier alpha value is -1.29. The minimum absolute atomic E-state index is 0.103. The lowest BCUT2D eigenvalue weighted by Gasteiger charge is -2.32. The molecule has 1 aromatic rings. The average Bonchev–Trinajstić information content (AvgIpc) is 2.29. The number of hydrogen-bond donors (Lipinski definition) is 3. The van der Waals surface area contributed by atoms with Gasteiger partial charge in [0.1, 0.15) is 5.82 Å². The fourth-order valence-corrected chi connectivity index (χ4v) is 1.67. The summed E-state index contributed by atoms with van der Waals surface area (Å²) < 4.78 is 0. The van der Waals surface area contributed by atoms with E-state index in [1.54, 1.807) is 6.20 Å². The molecule has 90 valence electrons. The third kappa shape index (κ3) is 2.64. The lowest BCUT2D eigenvalue weighted by Crippen LogP contribution is -2.41. The number of nitrogens with two attached hydrogens (primary N) is 1. The molecule has 0 aliphatic carbocycles. The van der Waals surface area contributed by atoms with Gasteiger partial charge in [-0.1, -0.05) is 13.8 Å². The van der Waals surface area contributed by atoms with Gasteiger partial charge in [-0.3, -0.25) is 0 Å². The third-order valence-corrected chi connectivity index (χ3v) is 3.14. The lowest BCUT2D eigenvalue weighted by molar-refractivity contribution is 0.202. The molecule has 4 nitrogen and oxygen atoms in total. The molecule has 0 bridgehead atoms. The summed E-state index contributed by atoms with van der Waals surface area (Å²) in [5.74, 6) is 0.798. The van der Waals surface area contributed by atoms with Crippen molar-refractivity contribution in [2.24, 2.45) is 0 Å². The lowest BCUT2D eigenvalue weighted by atomic mass is 9.93. The molecule has 0 aliphatic heterocycles. The molecule has 4 heteroatoms. The second kappa shape index (κ2) is 5.16. The summed E-state index contributed by atoms with van der Waals surface area (Å²) in [6.07, 6.45) is 3.33. The van der Waals surface area contributed by atoms with Crippen molar-refractivity contribution in [1.29, 1.82) is 0 Å². The Morgan fingerprint density at radius 1 is 1.44 bits per heavy atom. The molecule has 0 saturated heterocycles. The van der Waals surface area contributed by atoms with Crippen molar-refractivity contribution in [3.8, 4) is 0 Å². The summed E-state index contributed by atoms with van der Waals surface area (Å²) in [6.45, 7) is 6.17. The number of aliphatic hydroxyl groups excluding tert-OH is 1. The van der Waals surface area contributed by atoms with Crippen molar-refractivity contribution in [2.75, 3.05) is 17.7 Å². The van der Waals surface area contributed by atoms with Crippen LogP contribution in [0.5, 0.6) is 0 Å². The number of nitrogen functional groups attached to an aromatic ring is 1. The van der Waals surface area contributed by atoms with Gasteiger partial charge in [0, 0.05) is 0 Å². The van der Waals surface area contributed by atoms with E-state index in [1.807, 2.05) is 13.0 Å². The van der Waals surface area contributed by atoms with E-state index in [-0.39, 0.29) is 12.1 Å². The van der Waals surface area contributed by atoms with Crippen LogP contribution in [-0.4, -0.2) is 22.2 Å². The summed E-state index contributed by atoms with van der Waals surface area (Å²) >= 11 is 0. The van der Waals surface area contributed by atoms with Crippen molar-refractivity contribution < 1.29 is 5.11 Å². The Labute approximate surface area is 96.9 Å². The number of aliphatic hydroxyl groups is 1. The molecule has 0 atom stereocenters. The molecular formula is C12H21N3O. The van der Waals surface area contributed by atoms with Crippen molar-refractivity contribution in [1.82, 2.24) is 4.98 Å². The van der Waals surface area contributed by atoms with E-state index in [0.717, 1.165) is 24.2 Å². The van der Waals surface area contributed by atoms with E-state index in [2.05, 4.69) is 24.1 Å². The number of aromatic nitrogens is 1. The molecule has 1 aromatic heterocycles. The third-order valence-electron chi connectivity index (χ3n) is 3.14. The fraction of sp³-hybridized carbons (Fsp3) is 0.583. The van der Waals surface area contributed by atoms with Crippen LogP contribution in [0.4, 0.5) is 11.5 Å². The number of hydrogen-bond acceptors (Lipinski definition) is 4. The van der Waals surface area contributed by atoms with E-state index in [0.29, 0.717) is 5.69 Å². The minimum Gasteiger partial charge on any atom is -0.397 e. The van der Waals surface area contributed by atoms with Crippen LogP contribution >= 0.6 is 0 Å². The van der Waals surface area contributed by atoms with E-state index in [4.69, 9.17) is 5.73 Å². The number of aryl methyl sites for hydroxylation is 1. The summed E-state index contributed by atoms with van der Waals surface area (Å²) in [6, 6.07) is 1.88. The Morgan fingerprint density at radius 2 is 2.06 bits per heavy atom. The zero-order chi connectivity index (χ0) is 12.2. The fourth-order valence-electron chi connectivity index (χ4n) is 1.67. The molecule has 0 radical (unpaired) electrons. The van der Waals surface area contributed by atoms with Crippen LogP contribution in [0, 0.1) is 6.92 Å². The Morgan fingerprint density at radius 3 is 2.50 bits per heavy atom. The molecule has 0 aliphatic rings. The van der Waals surface area contributed by atoms with Crippen LogP contribution in [0.3, 0.4) is 0 Å². The predicted molar refractivity (Wildman–Crippen MR) is 67.4 cm³/mol. The quantitative estimate of drug-likeness (QED) is 0.713. The highest BCUT2D eigenvalue weighted by Gasteiger charge is 2.25. The molecule has 0 unspecified atom stereocenters. The van der Waals surface area contributed by atoms with Crippen LogP contribution in [0.15, 0.2) is 12.3 Å². The summed E-state index contributed by atoms with van der Waals surface area (Å²) in [4.78, 5) is 4.26. The molecule has 0 amide bonds. The maximum atomic E-state index is 9.47. The first kappa shape index (κ1) is 12.8. The SMILES string of the molecule is CCC(CC)(CO)Nc1ncc(N)cc1C. The van der Waals surface area contributed by atoms with Gasteiger partial charge in [0.25, 0.3) is 0 Å². The van der Waals surface area contributed by atoms with Gasteiger partial charge in [0.05, 0.1) is 24.0 Å². The molecule has 1 heterocycles. The molecule has 1 rings (SSSR count). The minimum atomic E-state index is -0.284. The molecule has 0 aromatic carbocycles. The monoisotopic (exact) mass is 223 g/mol. The molecule has 16 heavy (non-hydrogen) atoms. The second-order valence-corrected chi connectivity index (χ2v) is 4.20. The number of nitrogens with zero attached hydrogens (tertiary/aromatic N) is 1. The van der Waals surface area contributed by atoms with E-state index >= 15 is 0 Å². The first-order chi connectivity index (χ1) is 7.56. The first-order valence-corrected chi connectivity index (χ1v) is 5.68. The van der Waals surface area contributed by atoms with Gasteiger partial charge < -0.3 is 16.2 Å². The van der Waals surface area contributed by atoms with Crippen molar-refractivity contribution in [3.05, 3.63) is 17.8 Å². The van der Waals surface area contributed by atoms with E-state index in [9.17, 15) is 5.11 Å². The summed E-state index contributed by atoms with van der Waals surface area (Å²) in [5, 5.41) is 12.8. The topological polar surface area (TPSA) is 71.2 Å². The van der Waals surface area contributed by atoms with Crippen molar-refractivity contribution >= 4 is 11.5 Å². The van der Waals surface area contributed by atoms with Crippen molar-refractivity contribution in [3.63, 3.8) is 0 Å². The van der Waals surface area contributed by atoms with E-state index < -0.39 is 0 Å². The van der Waals surface area contributed by atoms with Gasteiger partial charge in [-0.15, -0.1) is 0 Å². The molecular weight excluding hydrogens is 202 g/mol. The zero-order valence-corrected chi connectivity index (χ0v) is 10.2. The van der Waals surface area contributed by atoms with Crippen LogP contribution in [0.2, 0.25) is 0 Å². The van der Waals surface area contributed by atoms with Crippen molar-refractivity contribution in [2.45, 2.75) is 39.2 Å².